The molecule has 2 heterocycles. The molecule has 0 saturated heterocycles. The third-order valence-electron chi connectivity index (χ3n) is 9.20. The molecule has 0 N–H and O–H groups in total. The van der Waals surface area contributed by atoms with E-state index in [1.54, 1.807) is 0 Å². The van der Waals surface area contributed by atoms with Gasteiger partial charge in [-0.05, 0) is 72.9 Å². The van der Waals surface area contributed by atoms with Crippen LogP contribution in [-0.2, 0) is 36.4 Å². The van der Waals surface area contributed by atoms with Gasteiger partial charge in [-0.2, -0.15) is 0 Å². The van der Waals surface area contributed by atoms with Crippen LogP contribution < -0.4 is 0 Å². The first-order valence-electron chi connectivity index (χ1n) is 16.2. The van der Waals surface area contributed by atoms with Crippen LogP contribution in [0.2, 0.25) is 0 Å². The Labute approximate surface area is 295 Å². The maximum atomic E-state index is 4.79. The van der Waals surface area contributed by atoms with Crippen molar-refractivity contribution in [3.63, 3.8) is 0 Å². The van der Waals surface area contributed by atoms with Gasteiger partial charge < -0.3 is 9.97 Å². The maximum absolute atomic E-state index is 4.79. The van der Waals surface area contributed by atoms with Crippen LogP contribution in [0.1, 0.15) is 83.2 Å². The summed E-state index contributed by atoms with van der Waals surface area (Å²) in [6.07, 6.45) is 3.83. The third-order valence-corrected chi connectivity index (χ3v) is 9.20. The van der Waals surface area contributed by atoms with Crippen LogP contribution in [0.4, 0.5) is 0 Å². The van der Waals surface area contributed by atoms with Gasteiger partial charge >= 0.3 is 0 Å². The molecule has 7 rings (SSSR count). The summed E-state index contributed by atoms with van der Waals surface area (Å²) < 4.78 is 0. The van der Waals surface area contributed by atoms with E-state index < -0.39 is 0 Å². The topological polar surface area (TPSA) is 25.8 Å². The molecular formula is C44H44IrN2-2. The van der Waals surface area contributed by atoms with E-state index in [1.165, 1.54) is 49.7 Å². The molecule has 0 bridgehead atoms. The second kappa shape index (κ2) is 12.9. The van der Waals surface area contributed by atoms with E-state index in [0.717, 1.165) is 22.5 Å². The SMILES string of the molecule is CC(C)(C)c1cc[c-]c(-c2cc(C(C)(C)C)ccn2)c1.Cc1cc[c-]c(-c2nccc3c2C(C)(C)c2c-3ccc3ccccc23)c1.[Ir]. The monoisotopic (exact) mass is 793 g/mol. The van der Waals surface area contributed by atoms with Gasteiger partial charge in [0.2, 0.25) is 0 Å². The zero-order chi connectivity index (χ0) is 32.9. The number of pyridine rings is 2. The maximum Gasteiger partial charge on any atom is 0.0167 e. The Morgan fingerprint density at radius 1 is 0.617 bits per heavy atom. The molecule has 4 aromatic carbocycles. The van der Waals surface area contributed by atoms with Crippen LogP contribution in [0.3, 0.4) is 0 Å². The first kappa shape index (κ1) is 34.4. The summed E-state index contributed by atoms with van der Waals surface area (Å²) in [5.74, 6) is 0. The normalized spacial score (nSPS) is 13.2. The molecule has 0 atom stereocenters. The molecule has 2 nitrogen and oxygen atoms in total. The van der Waals surface area contributed by atoms with E-state index in [0.29, 0.717) is 0 Å². The molecule has 0 unspecified atom stereocenters. The van der Waals surface area contributed by atoms with Crippen molar-refractivity contribution in [3.05, 3.63) is 143 Å². The van der Waals surface area contributed by atoms with E-state index in [1.807, 2.05) is 24.5 Å². The number of hydrogen-bond acceptors (Lipinski definition) is 2. The fraction of sp³-hybridized carbons (Fsp3) is 0.273. The van der Waals surface area contributed by atoms with Crippen molar-refractivity contribution in [2.24, 2.45) is 0 Å². The number of aryl methyl sites for hydroxylation is 1. The number of benzene rings is 4. The zero-order valence-electron chi connectivity index (χ0n) is 29.0. The van der Waals surface area contributed by atoms with Gasteiger partial charge in [-0.3, -0.25) is 0 Å². The van der Waals surface area contributed by atoms with Crippen molar-refractivity contribution in [2.45, 2.75) is 78.6 Å². The van der Waals surface area contributed by atoms with Crippen LogP contribution in [-0.4, -0.2) is 9.97 Å². The van der Waals surface area contributed by atoms with Crippen molar-refractivity contribution in [2.75, 3.05) is 0 Å². The first-order valence-corrected chi connectivity index (χ1v) is 16.2. The van der Waals surface area contributed by atoms with Gasteiger partial charge in [0.05, 0.1) is 0 Å². The van der Waals surface area contributed by atoms with Crippen LogP contribution in [0.15, 0.2) is 103 Å². The molecule has 0 aliphatic heterocycles. The van der Waals surface area contributed by atoms with Gasteiger partial charge in [-0.1, -0.05) is 105 Å². The van der Waals surface area contributed by atoms with Gasteiger partial charge in [0.25, 0.3) is 0 Å². The standard InChI is InChI=1S/C25H20N.C19H24N.Ir/c1-16-7-6-9-18(15-16)24-23-21(13-14-26-24)20-12-11-17-8-4-5-10-19(17)22(20)25(23,2)3;1-18(2,3)15-9-7-8-14(12-15)17-13-16(10-11-20-17)19(4,5)6;/h4-8,10-15H,1-3H3;7,9-13H,1-6H3;/q2*-1;. The predicted octanol–water partition coefficient (Wildman–Crippen LogP) is 11.5. The fourth-order valence-corrected chi connectivity index (χ4v) is 6.66. The number of rotatable bonds is 2. The quantitative estimate of drug-likeness (QED) is 0.163. The Balaban J connectivity index is 0.000000188. The molecule has 3 heteroatoms. The van der Waals surface area contributed by atoms with Crippen LogP contribution >= 0.6 is 0 Å². The summed E-state index contributed by atoms with van der Waals surface area (Å²) in [5.41, 5.74) is 13.6. The minimum Gasteiger partial charge on any atom is -0.305 e. The Hall–Kier alpha value is -3.91. The van der Waals surface area contributed by atoms with Crippen molar-refractivity contribution >= 4 is 10.8 Å². The third kappa shape index (κ3) is 6.75. The second-order valence-corrected chi connectivity index (χ2v) is 15.1. The van der Waals surface area contributed by atoms with Crippen molar-refractivity contribution in [1.82, 2.24) is 9.97 Å². The number of aromatic nitrogens is 2. The van der Waals surface area contributed by atoms with E-state index in [9.17, 15) is 0 Å². The molecule has 47 heavy (non-hydrogen) atoms. The van der Waals surface area contributed by atoms with Gasteiger partial charge in [-0.25, -0.2) is 0 Å². The predicted molar refractivity (Wildman–Crippen MR) is 194 cm³/mol. The largest absolute Gasteiger partial charge is 0.305 e. The fourth-order valence-electron chi connectivity index (χ4n) is 6.66. The first-order chi connectivity index (χ1) is 21.7. The average Bonchev–Trinajstić information content (AvgIpc) is 3.27. The minimum atomic E-state index is -0.104. The second-order valence-electron chi connectivity index (χ2n) is 15.1. The minimum absolute atomic E-state index is 0. The van der Waals surface area contributed by atoms with Crippen molar-refractivity contribution in [3.8, 4) is 33.6 Å². The molecule has 0 spiro atoms. The van der Waals surface area contributed by atoms with E-state index >= 15 is 0 Å². The van der Waals surface area contributed by atoms with E-state index in [4.69, 9.17) is 4.98 Å². The number of fused-ring (bicyclic) bond motifs is 5. The van der Waals surface area contributed by atoms with E-state index in [-0.39, 0.29) is 36.4 Å². The van der Waals surface area contributed by atoms with Gasteiger partial charge in [0, 0.05) is 37.9 Å². The zero-order valence-corrected chi connectivity index (χ0v) is 31.4. The molecule has 2 aromatic heterocycles. The smallest absolute Gasteiger partial charge is 0.0167 e. The Morgan fingerprint density at radius 2 is 1.26 bits per heavy atom. The van der Waals surface area contributed by atoms with Gasteiger partial charge in [0.15, 0.2) is 0 Å². The molecule has 0 saturated carbocycles. The van der Waals surface area contributed by atoms with Crippen molar-refractivity contribution < 1.29 is 20.1 Å². The summed E-state index contributed by atoms with van der Waals surface area (Å²) in [6.45, 7) is 20.1. The molecule has 1 radical (unpaired) electrons. The Bertz CT molecular complexity index is 2000. The number of nitrogens with zero attached hydrogens (tertiary/aromatic N) is 2. The molecule has 6 aromatic rings. The van der Waals surface area contributed by atoms with Gasteiger partial charge in [-0.15, -0.1) is 70.8 Å². The van der Waals surface area contributed by atoms with Crippen LogP contribution in [0, 0.1) is 19.1 Å². The average molecular weight is 793 g/mol. The molecular weight excluding hydrogens is 749 g/mol. The summed E-state index contributed by atoms with van der Waals surface area (Å²) in [7, 11) is 0. The summed E-state index contributed by atoms with van der Waals surface area (Å²) in [6, 6.07) is 38.9. The van der Waals surface area contributed by atoms with Crippen molar-refractivity contribution in [1.29, 1.82) is 0 Å². The summed E-state index contributed by atoms with van der Waals surface area (Å²) >= 11 is 0. The Kier molecular flexibility index (Phi) is 9.48. The molecule has 0 amide bonds. The molecule has 1 aliphatic carbocycles. The summed E-state index contributed by atoms with van der Waals surface area (Å²) in [4.78, 5) is 9.30. The Morgan fingerprint density at radius 3 is 1.98 bits per heavy atom. The number of hydrogen-bond donors (Lipinski definition) is 0. The molecule has 1 aliphatic rings. The van der Waals surface area contributed by atoms with Gasteiger partial charge in [0.1, 0.15) is 0 Å². The van der Waals surface area contributed by atoms with Crippen LogP contribution in [0.25, 0.3) is 44.4 Å². The molecule has 241 valence electrons. The molecule has 0 fully saturated rings. The summed E-state index contributed by atoms with van der Waals surface area (Å²) in [5, 5.41) is 2.63. The van der Waals surface area contributed by atoms with E-state index in [2.05, 4.69) is 158 Å². The van der Waals surface area contributed by atoms with Crippen LogP contribution in [0.5, 0.6) is 0 Å².